The van der Waals surface area contributed by atoms with E-state index in [0.717, 1.165) is 33.8 Å². The fraction of sp³-hybridized carbons (Fsp3) is 0.375. The molecule has 0 spiro atoms. The van der Waals surface area contributed by atoms with E-state index in [9.17, 15) is 4.79 Å². The molecule has 0 radical (unpaired) electrons. The van der Waals surface area contributed by atoms with E-state index < -0.39 is 0 Å². The van der Waals surface area contributed by atoms with Crippen molar-refractivity contribution in [2.24, 2.45) is 5.10 Å². The highest BCUT2D eigenvalue weighted by atomic mass is 79.9. The summed E-state index contributed by atoms with van der Waals surface area (Å²) in [6, 6.07) is 9.22. The van der Waals surface area contributed by atoms with E-state index in [2.05, 4.69) is 50.8 Å². The van der Waals surface area contributed by atoms with Crippen LogP contribution in [0.5, 0.6) is 11.5 Å². The standard InChI is InChI=1S/C24H27Br2N3O3/c1-5-7-8-23-28-20-10-9-17(25)12-18(20)24(30)29(23)27-14-16-11-21(31-4)22(13-19(16)26)32-15(3)6-2/h9-15H,5-8H2,1-4H3/t15-/m1/s1. The molecule has 32 heavy (non-hydrogen) atoms. The molecule has 0 unspecified atom stereocenters. The van der Waals surface area contributed by atoms with Gasteiger partial charge in [-0.25, -0.2) is 4.98 Å². The minimum Gasteiger partial charge on any atom is -0.493 e. The summed E-state index contributed by atoms with van der Waals surface area (Å²) >= 11 is 7.02. The van der Waals surface area contributed by atoms with Crippen LogP contribution in [-0.4, -0.2) is 29.1 Å². The van der Waals surface area contributed by atoms with Crippen LogP contribution < -0.4 is 15.0 Å². The average Bonchev–Trinajstić information content (AvgIpc) is 2.78. The zero-order valence-electron chi connectivity index (χ0n) is 18.7. The van der Waals surface area contributed by atoms with Crippen LogP contribution in [0.3, 0.4) is 0 Å². The van der Waals surface area contributed by atoms with Crippen molar-refractivity contribution in [1.29, 1.82) is 0 Å². The number of fused-ring (bicyclic) bond motifs is 1. The van der Waals surface area contributed by atoms with Crippen LogP contribution in [0.2, 0.25) is 0 Å². The molecule has 3 aromatic rings. The molecular weight excluding hydrogens is 538 g/mol. The van der Waals surface area contributed by atoms with Gasteiger partial charge in [-0.15, -0.1) is 0 Å². The zero-order valence-corrected chi connectivity index (χ0v) is 21.9. The fourth-order valence-electron chi connectivity index (χ4n) is 3.13. The van der Waals surface area contributed by atoms with Crippen LogP contribution in [-0.2, 0) is 6.42 Å². The second kappa shape index (κ2) is 11.1. The number of methoxy groups -OCH3 is 1. The Morgan fingerprint density at radius 2 is 1.97 bits per heavy atom. The van der Waals surface area contributed by atoms with Gasteiger partial charge in [0.1, 0.15) is 5.82 Å². The van der Waals surface area contributed by atoms with Crippen molar-refractivity contribution in [3.8, 4) is 11.5 Å². The zero-order chi connectivity index (χ0) is 23.3. The van der Waals surface area contributed by atoms with Crippen molar-refractivity contribution in [2.45, 2.75) is 52.6 Å². The molecule has 0 aliphatic heterocycles. The van der Waals surface area contributed by atoms with Gasteiger partial charge >= 0.3 is 0 Å². The Bertz CT molecular complexity index is 1190. The summed E-state index contributed by atoms with van der Waals surface area (Å²) in [5.41, 5.74) is 1.24. The van der Waals surface area contributed by atoms with E-state index in [4.69, 9.17) is 14.5 Å². The molecule has 0 aliphatic rings. The summed E-state index contributed by atoms with van der Waals surface area (Å²) < 4.78 is 14.5. The topological polar surface area (TPSA) is 65.7 Å². The van der Waals surface area contributed by atoms with E-state index in [0.29, 0.717) is 34.6 Å². The summed E-state index contributed by atoms with van der Waals surface area (Å²) in [5, 5.41) is 5.05. The molecule has 0 aliphatic carbocycles. The van der Waals surface area contributed by atoms with E-state index in [1.54, 1.807) is 19.4 Å². The molecule has 0 N–H and O–H groups in total. The Morgan fingerprint density at radius 3 is 2.66 bits per heavy atom. The van der Waals surface area contributed by atoms with Crippen LogP contribution in [0.15, 0.2) is 49.2 Å². The number of unbranched alkanes of at least 4 members (excludes halogenated alkanes) is 1. The molecule has 0 fully saturated rings. The molecule has 0 saturated heterocycles. The first kappa shape index (κ1) is 24.5. The first-order chi connectivity index (χ1) is 15.4. The Morgan fingerprint density at radius 1 is 1.19 bits per heavy atom. The van der Waals surface area contributed by atoms with E-state index in [-0.39, 0.29) is 11.7 Å². The predicted octanol–water partition coefficient (Wildman–Crippen LogP) is 6.33. The third-order valence-electron chi connectivity index (χ3n) is 5.13. The Labute approximate surface area is 204 Å². The maximum atomic E-state index is 13.2. The van der Waals surface area contributed by atoms with Gasteiger partial charge in [0.2, 0.25) is 0 Å². The van der Waals surface area contributed by atoms with Gasteiger partial charge < -0.3 is 9.47 Å². The number of hydrogen-bond acceptors (Lipinski definition) is 5. The molecule has 170 valence electrons. The van der Waals surface area contributed by atoms with Gasteiger partial charge in [-0.2, -0.15) is 9.78 Å². The maximum absolute atomic E-state index is 13.2. The van der Waals surface area contributed by atoms with Crippen LogP contribution in [0.25, 0.3) is 10.9 Å². The predicted molar refractivity (Wildman–Crippen MR) is 136 cm³/mol. The highest BCUT2D eigenvalue weighted by molar-refractivity contribution is 9.10. The largest absolute Gasteiger partial charge is 0.493 e. The molecule has 0 saturated carbocycles. The SMILES string of the molecule is CCCCc1nc2ccc(Br)cc2c(=O)n1N=Cc1cc(OC)c(O[C@H](C)CC)cc1Br. The van der Waals surface area contributed by atoms with E-state index in [1.165, 1.54) is 4.68 Å². The number of aryl methyl sites for hydroxylation is 1. The first-order valence-electron chi connectivity index (χ1n) is 10.7. The summed E-state index contributed by atoms with van der Waals surface area (Å²) in [6.07, 6.45) is 5.18. The minimum absolute atomic E-state index is 0.0676. The lowest BCUT2D eigenvalue weighted by Gasteiger charge is -2.16. The molecule has 0 bridgehead atoms. The Hall–Kier alpha value is -2.19. The van der Waals surface area contributed by atoms with Crippen molar-refractivity contribution in [3.05, 3.63) is 61.0 Å². The van der Waals surface area contributed by atoms with Gasteiger partial charge in [0.05, 0.1) is 30.3 Å². The van der Waals surface area contributed by atoms with Crippen LogP contribution in [0.1, 0.15) is 51.4 Å². The number of ether oxygens (including phenoxy) is 2. The van der Waals surface area contributed by atoms with Crippen molar-refractivity contribution >= 4 is 49.0 Å². The highest BCUT2D eigenvalue weighted by Crippen LogP contribution is 2.34. The van der Waals surface area contributed by atoms with Gasteiger partial charge in [0.25, 0.3) is 5.56 Å². The van der Waals surface area contributed by atoms with Crippen LogP contribution >= 0.6 is 31.9 Å². The monoisotopic (exact) mass is 563 g/mol. The maximum Gasteiger partial charge on any atom is 0.282 e. The number of rotatable bonds is 9. The molecule has 0 amide bonds. The molecule has 1 aromatic heterocycles. The summed E-state index contributed by atoms with van der Waals surface area (Å²) in [7, 11) is 1.60. The lowest BCUT2D eigenvalue weighted by Crippen LogP contribution is -2.22. The molecule has 1 atom stereocenters. The van der Waals surface area contributed by atoms with Gasteiger partial charge in [0, 0.05) is 20.9 Å². The molecule has 8 heteroatoms. The summed E-state index contributed by atoms with van der Waals surface area (Å²) in [6.45, 7) is 6.19. The number of nitrogens with zero attached hydrogens (tertiary/aromatic N) is 3. The second-order valence-corrected chi connectivity index (χ2v) is 9.29. The van der Waals surface area contributed by atoms with Crippen molar-refractivity contribution in [1.82, 2.24) is 9.66 Å². The van der Waals surface area contributed by atoms with Crippen LogP contribution in [0.4, 0.5) is 0 Å². The number of halogens is 2. The second-order valence-electron chi connectivity index (χ2n) is 7.52. The molecule has 3 rings (SSSR count). The Kier molecular flexibility index (Phi) is 8.48. The third-order valence-corrected chi connectivity index (χ3v) is 6.31. The van der Waals surface area contributed by atoms with Crippen molar-refractivity contribution in [2.75, 3.05) is 7.11 Å². The molecule has 6 nitrogen and oxygen atoms in total. The fourth-order valence-corrected chi connectivity index (χ4v) is 3.92. The Balaban J connectivity index is 2.07. The van der Waals surface area contributed by atoms with Gasteiger partial charge in [0.15, 0.2) is 11.5 Å². The van der Waals surface area contributed by atoms with Gasteiger partial charge in [-0.05, 0) is 66.0 Å². The van der Waals surface area contributed by atoms with E-state index in [1.807, 2.05) is 31.2 Å². The summed E-state index contributed by atoms with van der Waals surface area (Å²) in [5.74, 6) is 1.90. The summed E-state index contributed by atoms with van der Waals surface area (Å²) in [4.78, 5) is 17.9. The lowest BCUT2D eigenvalue weighted by molar-refractivity contribution is 0.207. The van der Waals surface area contributed by atoms with Crippen molar-refractivity contribution in [3.63, 3.8) is 0 Å². The van der Waals surface area contributed by atoms with Crippen LogP contribution in [0, 0.1) is 0 Å². The number of benzene rings is 2. The highest BCUT2D eigenvalue weighted by Gasteiger charge is 2.14. The van der Waals surface area contributed by atoms with E-state index >= 15 is 0 Å². The molecule has 2 aromatic carbocycles. The quantitative estimate of drug-likeness (QED) is 0.285. The smallest absolute Gasteiger partial charge is 0.282 e. The molecular formula is C24H27Br2N3O3. The van der Waals surface area contributed by atoms with Gasteiger partial charge in [-0.1, -0.05) is 36.2 Å². The molecule has 1 heterocycles. The van der Waals surface area contributed by atoms with Crippen molar-refractivity contribution < 1.29 is 9.47 Å². The first-order valence-corrected chi connectivity index (χ1v) is 12.3. The lowest BCUT2D eigenvalue weighted by atomic mass is 10.2. The minimum atomic E-state index is -0.196. The number of hydrogen-bond donors (Lipinski definition) is 0. The number of aromatic nitrogens is 2. The normalized spacial score (nSPS) is 12.4. The third kappa shape index (κ3) is 5.59. The van der Waals surface area contributed by atoms with Gasteiger partial charge in [-0.3, -0.25) is 4.79 Å². The average molecular weight is 565 g/mol.